The number of hydrogen-bond acceptors (Lipinski definition) is 3. The average molecular weight is 165 g/mol. The number of nitrogens with zero attached hydrogens (tertiary/aromatic N) is 3. The summed E-state index contributed by atoms with van der Waals surface area (Å²) in [5, 5.41) is 7.92. The molecule has 4 nitrogen and oxygen atoms in total. The van der Waals surface area contributed by atoms with E-state index >= 15 is 0 Å². The van der Waals surface area contributed by atoms with Gasteiger partial charge in [-0.3, -0.25) is 4.79 Å². The summed E-state index contributed by atoms with van der Waals surface area (Å²) in [4.78, 5) is 11.2. The summed E-state index contributed by atoms with van der Waals surface area (Å²) in [6, 6.07) is -0.00463. The summed E-state index contributed by atoms with van der Waals surface area (Å²) >= 11 is 0. The SMILES string of the molecule is CC(=O)C1CCc2nnc(C)n21. The van der Waals surface area contributed by atoms with Crippen molar-refractivity contribution in [1.82, 2.24) is 14.8 Å². The van der Waals surface area contributed by atoms with E-state index in [-0.39, 0.29) is 11.8 Å². The van der Waals surface area contributed by atoms with Crippen LogP contribution in [0.1, 0.15) is 31.0 Å². The predicted octanol–water partition coefficient (Wildman–Crippen LogP) is 0.663. The zero-order valence-electron chi connectivity index (χ0n) is 7.24. The van der Waals surface area contributed by atoms with Gasteiger partial charge in [0.2, 0.25) is 0 Å². The molecule has 0 saturated heterocycles. The van der Waals surface area contributed by atoms with Crippen molar-refractivity contribution in [2.75, 3.05) is 0 Å². The highest BCUT2D eigenvalue weighted by molar-refractivity contribution is 5.80. The molecule has 0 amide bonds. The number of aryl methyl sites for hydroxylation is 2. The largest absolute Gasteiger partial charge is 0.305 e. The second-order valence-corrected chi connectivity index (χ2v) is 3.20. The number of aromatic nitrogens is 3. The van der Waals surface area contributed by atoms with Crippen molar-refractivity contribution in [2.24, 2.45) is 0 Å². The Labute approximate surface area is 70.6 Å². The molecular formula is C8H11N3O. The quantitative estimate of drug-likeness (QED) is 0.614. The van der Waals surface area contributed by atoms with E-state index < -0.39 is 0 Å². The van der Waals surface area contributed by atoms with Crippen LogP contribution in [-0.4, -0.2) is 20.5 Å². The minimum atomic E-state index is -0.00463. The van der Waals surface area contributed by atoms with E-state index in [1.165, 1.54) is 0 Å². The van der Waals surface area contributed by atoms with Gasteiger partial charge in [-0.05, 0) is 20.3 Å². The Kier molecular flexibility index (Phi) is 1.49. The Balaban J connectivity index is 2.46. The van der Waals surface area contributed by atoms with E-state index in [4.69, 9.17) is 0 Å². The minimum absolute atomic E-state index is 0.00463. The molecule has 0 aliphatic carbocycles. The van der Waals surface area contributed by atoms with Gasteiger partial charge in [0.05, 0.1) is 6.04 Å². The highest BCUT2D eigenvalue weighted by Crippen LogP contribution is 2.25. The van der Waals surface area contributed by atoms with Crippen molar-refractivity contribution in [3.05, 3.63) is 11.6 Å². The molecule has 1 unspecified atom stereocenters. The van der Waals surface area contributed by atoms with Crippen LogP contribution in [0, 0.1) is 6.92 Å². The summed E-state index contributed by atoms with van der Waals surface area (Å²) in [5.41, 5.74) is 0. The first-order valence-corrected chi connectivity index (χ1v) is 4.11. The lowest BCUT2D eigenvalue weighted by Crippen LogP contribution is -2.13. The molecule has 12 heavy (non-hydrogen) atoms. The van der Waals surface area contributed by atoms with Gasteiger partial charge < -0.3 is 4.57 Å². The summed E-state index contributed by atoms with van der Waals surface area (Å²) in [6.45, 7) is 3.51. The van der Waals surface area contributed by atoms with Crippen LogP contribution in [0.5, 0.6) is 0 Å². The van der Waals surface area contributed by atoms with E-state index in [0.29, 0.717) is 0 Å². The van der Waals surface area contributed by atoms with E-state index in [9.17, 15) is 4.79 Å². The van der Waals surface area contributed by atoms with Gasteiger partial charge in [0.25, 0.3) is 0 Å². The molecule has 1 atom stereocenters. The summed E-state index contributed by atoms with van der Waals surface area (Å²) < 4.78 is 1.95. The zero-order chi connectivity index (χ0) is 8.72. The summed E-state index contributed by atoms with van der Waals surface area (Å²) in [7, 11) is 0. The maximum absolute atomic E-state index is 11.2. The highest BCUT2D eigenvalue weighted by Gasteiger charge is 2.28. The standard InChI is InChI=1S/C8H11N3O/c1-5(12)7-3-4-8-10-9-6(2)11(7)8/h7H,3-4H2,1-2H3. The van der Waals surface area contributed by atoms with Gasteiger partial charge in [0.1, 0.15) is 11.6 Å². The first kappa shape index (κ1) is 7.46. The van der Waals surface area contributed by atoms with Crippen molar-refractivity contribution >= 4 is 5.78 Å². The summed E-state index contributed by atoms with van der Waals surface area (Å²) in [6.07, 6.45) is 1.77. The van der Waals surface area contributed by atoms with Gasteiger partial charge in [-0.25, -0.2) is 0 Å². The number of rotatable bonds is 1. The second-order valence-electron chi connectivity index (χ2n) is 3.20. The van der Waals surface area contributed by atoms with Crippen LogP contribution in [0.4, 0.5) is 0 Å². The fourth-order valence-corrected chi connectivity index (χ4v) is 1.77. The third kappa shape index (κ3) is 0.873. The molecule has 2 heterocycles. The lowest BCUT2D eigenvalue weighted by atomic mass is 10.1. The molecule has 4 heteroatoms. The van der Waals surface area contributed by atoms with Gasteiger partial charge in [0, 0.05) is 6.42 Å². The van der Waals surface area contributed by atoms with Crippen molar-refractivity contribution in [3.63, 3.8) is 0 Å². The molecule has 1 aromatic heterocycles. The van der Waals surface area contributed by atoms with Crippen LogP contribution in [0.3, 0.4) is 0 Å². The van der Waals surface area contributed by atoms with E-state index in [1.807, 2.05) is 11.5 Å². The first-order chi connectivity index (χ1) is 5.70. The Morgan fingerprint density at radius 3 is 3.00 bits per heavy atom. The normalized spacial score (nSPS) is 21.0. The lowest BCUT2D eigenvalue weighted by molar-refractivity contribution is -0.119. The maximum Gasteiger partial charge on any atom is 0.152 e. The molecule has 0 aromatic carbocycles. The molecule has 0 fully saturated rings. The van der Waals surface area contributed by atoms with E-state index in [2.05, 4.69) is 10.2 Å². The monoisotopic (exact) mass is 165 g/mol. The molecule has 1 aliphatic heterocycles. The fourth-order valence-electron chi connectivity index (χ4n) is 1.77. The smallest absolute Gasteiger partial charge is 0.152 e. The van der Waals surface area contributed by atoms with Gasteiger partial charge in [-0.2, -0.15) is 0 Å². The molecule has 0 saturated carbocycles. The predicted molar refractivity (Wildman–Crippen MR) is 42.8 cm³/mol. The van der Waals surface area contributed by atoms with Gasteiger partial charge in [0.15, 0.2) is 5.78 Å². The van der Waals surface area contributed by atoms with Crippen LogP contribution >= 0.6 is 0 Å². The number of carbonyl (C=O) groups is 1. The third-order valence-electron chi connectivity index (χ3n) is 2.36. The molecule has 1 aliphatic rings. The molecule has 0 N–H and O–H groups in total. The number of ketones is 1. The third-order valence-corrected chi connectivity index (χ3v) is 2.36. The van der Waals surface area contributed by atoms with Crippen LogP contribution in [-0.2, 0) is 11.2 Å². The molecule has 1 aromatic rings. The highest BCUT2D eigenvalue weighted by atomic mass is 16.1. The molecule has 0 bridgehead atoms. The minimum Gasteiger partial charge on any atom is -0.305 e. The maximum atomic E-state index is 11.2. The first-order valence-electron chi connectivity index (χ1n) is 4.11. The van der Waals surface area contributed by atoms with Crippen molar-refractivity contribution in [2.45, 2.75) is 32.7 Å². The van der Waals surface area contributed by atoms with Crippen LogP contribution in [0.15, 0.2) is 0 Å². The van der Waals surface area contributed by atoms with Crippen LogP contribution in [0.2, 0.25) is 0 Å². The molecule has 0 spiro atoms. The van der Waals surface area contributed by atoms with Gasteiger partial charge in [-0.1, -0.05) is 0 Å². The number of hydrogen-bond donors (Lipinski definition) is 0. The van der Waals surface area contributed by atoms with Crippen LogP contribution in [0.25, 0.3) is 0 Å². The van der Waals surface area contributed by atoms with Crippen LogP contribution < -0.4 is 0 Å². The van der Waals surface area contributed by atoms with Gasteiger partial charge in [-0.15, -0.1) is 10.2 Å². The molecule has 2 rings (SSSR count). The van der Waals surface area contributed by atoms with E-state index in [1.54, 1.807) is 6.92 Å². The van der Waals surface area contributed by atoms with Crippen molar-refractivity contribution in [1.29, 1.82) is 0 Å². The zero-order valence-corrected chi connectivity index (χ0v) is 7.24. The van der Waals surface area contributed by atoms with E-state index in [0.717, 1.165) is 24.5 Å². The Bertz CT molecular complexity index is 329. The number of carbonyl (C=O) groups excluding carboxylic acids is 1. The Hall–Kier alpha value is -1.19. The molecular weight excluding hydrogens is 154 g/mol. The number of fused-ring (bicyclic) bond motifs is 1. The van der Waals surface area contributed by atoms with Crippen molar-refractivity contribution in [3.8, 4) is 0 Å². The molecule has 64 valence electrons. The molecule has 0 radical (unpaired) electrons. The van der Waals surface area contributed by atoms with Crippen molar-refractivity contribution < 1.29 is 4.79 Å². The topological polar surface area (TPSA) is 47.8 Å². The summed E-state index contributed by atoms with van der Waals surface area (Å²) in [5.74, 6) is 2.01. The fraction of sp³-hybridized carbons (Fsp3) is 0.625. The lowest BCUT2D eigenvalue weighted by Gasteiger charge is -2.08. The Morgan fingerprint density at radius 2 is 2.33 bits per heavy atom. The van der Waals surface area contributed by atoms with Gasteiger partial charge >= 0.3 is 0 Å². The Morgan fingerprint density at radius 1 is 1.58 bits per heavy atom. The second kappa shape index (κ2) is 2.40. The number of Topliss-reactive ketones (excluding diaryl/α,β-unsaturated/α-hetero) is 1. The average Bonchev–Trinajstić information content (AvgIpc) is 2.53.